The Labute approximate surface area is 455 Å². The molecule has 3 N–H and O–H groups in total. The molecule has 0 fully saturated rings. The summed E-state index contributed by atoms with van der Waals surface area (Å²) < 4.78 is 5.50. The largest absolute Gasteiger partial charge is 0.466 e. The molecule has 0 aromatic rings. The van der Waals surface area contributed by atoms with Gasteiger partial charge >= 0.3 is 5.97 Å². The van der Waals surface area contributed by atoms with E-state index in [2.05, 4.69) is 43.5 Å². The fourth-order valence-electron chi connectivity index (χ4n) is 10.1. The number of aliphatic hydroxyl groups is 2. The summed E-state index contributed by atoms with van der Waals surface area (Å²) in [5.41, 5.74) is 0. The average Bonchev–Trinajstić information content (AvgIpc) is 3.39. The van der Waals surface area contributed by atoms with Gasteiger partial charge in [0.2, 0.25) is 5.91 Å². The van der Waals surface area contributed by atoms with Gasteiger partial charge in [0.15, 0.2) is 0 Å². The zero-order chi connectivity index (χ0) is 52.9. The first-order chi connectivity index (χ1) is 36.0. The van der Waals surface area contributed by atoms with Gasteiger partial charge in [0.1, 0.15) is 0 Å². The molecular formula is C67H127NO5. The summed E-state index contributed by atoms with van der Waals surface area (Å²) in [4.78, 5) is 24.6. The van der Waals surface area contributed by atoms with E-state index >= 15 is 0 Å². The van der Waals surface area contributed by atoms with Gasteiger partial charge in [-0.05, 0) is 83.5 Å². The minimum absolute atomic E-state index is 0.00742. The van der Waals surface area contributed by atoms with Crippen molar-refractivity contribution in [1.82, 2.24) is 5.32 Å². The Bertz CT molecular complexity index is 1180. The van der Waals surface area contributed by atoms with Crippen LogP contribution in [0.15, 0.2) is 36.5 Å². The highest BCUT2D eigenvalue weighted by atomic mass is 16.5. The molecule has 0 aromatic heterocycles. The number of allylic oxidation sites excluding steroid dienone is 5. The molecule has 0 aliphatic rings. The van der Waals surface area contributed by atoms with Crippen LogP contribution in [0.4, 0.5) is 0 Å². The quantitative estimate of drug-likeness (QED) is 0.0320. The van der Waals surface area contributed by atoms with E-state index in [9.17, 15) is 19.8 Å². The molecule has 6 heteroatoms. The Morgan fingerprint density at radius 2 is 0.644 bits per heavy atom. The lowest BCUT2D eigenvalue weighted by molar-refractivity contribution is -0.143. The normalized spacial score (nSPS) is 12.8. The zero-order valence-corrected chi connectivity index (χ0v) is 49.1. The van der Waals surface area contributed by atoms with E-state index < -0.39 is 12.1 Å². The molecule has 0 saturated heterocycles. The van der Waals surface area contributed by atoms with E-state index in [0.717, 1.165) is 51.4 Å². The van der Waals surface area contributed by atoms with Gasteiger partial charge in [0, 0.05) is 12.8 Å². The minimum Gasteiger partial charge on any atom is -0.466 e. The summed E-state index contributed by atoms with van der Waals surface area (Å²) in [6.45, 7) is 4.91. The molecule has 0 aromatic carbocycles. The molecule has 73 heavy (non-hydrogen) atoms. The van der Waals surface area contributed by atoms with E-state index in [1.165, 1.54) is 276 Å². The fraction of sp³-hybridized carbons (Fsp3) is 0.881. The highest BCUT2D eigenvalue weighted by Crippen LogP contribution is 2.17. The Hall–Kier alpha value is -1.92. The van der Waals surface area contributed by atoms with Crippen LogP contribution in [0.3, 0.4) is 0 Å². The highest BCUT2D eigenvalue weighted by molar-refractivity contribution is 5.76. The van der Waals surface area contributed by atoms with Crippen molar-refractivity contribution in [3.8, 4) is 0 Å². The van der Waals surface area contributed by atoms with Gasteiger partial charge in [-0.3, -0.25) is 9.59 Å². The lowest BCUT2D eigenvalue weighted by atomic mass is 10.0. The molecule has 0 spiro atoms. The lowest BCUT2D eigenvalue weighted by Crippen LogP contribution is -2.45. The number of carbonyl (C=O) groups excluding carboxylic acids is 2. The predicted molar refractivity (Wildman–Crippen MR) is 319 cm³/mol. The van der Waals surface area contributed by atoms with Crippen LogP contribution in [0.25, 0.3) is 0 Å². The molecule has 2 unspecified atom stereocenters. The van der Waals surface area contributed by atoms with Crippen molar-refractivity contribution in [3.05, 3.63) is 36.5 Å². The fourth-order valence-corrected chi connectivity index (χ4v) is 10.1. The number of aliphatic hydroxyl groups excluding tert-OH is 2. The molecule has 2 atom stereocenters. The SMILES string of the molecule is CCCCCCCC/C=C\CCCCCCCCCCCC(=O)OCCCCCCCCCCCC/C=C\CCCCCCCCCC(=O)NC(CO)C(O)/C=C/CCCCCCCCCCCCCCCC. The molecule has 0 rings (SSSR count). The second kappa shape index (κ2) is 62.6. The van der Waals surface area contributed by atoms with Crippen LogP contribution in [0.2, 0.25) is 0 Å². The first kappa shape index (κ1) is 71.1. The van der Waals surface area contributed by atoms with E-state index in [1.807, 2.05) is 6.08 Å². The molecular weight excluding hydrogens is 899 g/mol. The van der Waals surface area contributed by atoms with Crippen molar-refractivity contribution in [1.29, 1.82) is 0 Å². The Morgan fingerprint density at radius 1 is 0.370 bits per heavy atom. The summed E-state index contributed by atoms with van der Waals surface area (Å²) in [5, 5.41) is 23.1. The number of unbranched alkanes of at least 4 members (excludes halogenated alkanes) is 46. The second-order valence-electron chi connectivity index (χ2n) is 22.4. The Morgan fingerprint density at radius 3 is 0.973 bits per heavy atom. The summed E-state index contributed by atoms with van der Waals surface area (Å²) in [6, 6.07) is -0.634. The smallest absolute Gasteiger partial charge is 0.305 e. The van der Waals surface area contributed by atoms with E-state index in [1.54, 1.807) is 6.08 Å². The monoisotopic (exact) mass is 1030 g/mol. The van der Waals surface area contributed by atoms with E-state index in [-0.39, 0.29) is 18.5 Å². The number of esters is 1. The van der Waals surface area contributed by atoms with Crippen LogP contribution >= 0.6 is 0 Å². The molecule has 430 valence electrons. The molecule has 0 radical (unpaired) electrons. The first-order valence-corrected chi connectivity index (χ1v) is 32.8. The van der Waals surface area contributed by atoms with Crippen molar-refractivity contribution in [2.24, 2.45) is 0 Å². The third kappa shape index (κ3) is 59.2. The predicted octanol–water partition coefficient (Wildman–Crippen LogP) is 20.8. The van der Waals surface area contributed by atoms with E-state index in [4.69, 9.17) is 4.74 Å². The first-order valence-electron chi connectivity index (χ1n) is 32.8. The van der Waals surface area contributed by atoms with Crippen molar-refractivity contribution in [2.75, 3.05) is 13.2 Å². The maximum Gasteiger partial charge on any atom is 0.305 e. The minimum atomic E-state index is -0.850. The molecule has 0 aliphatic heterocycles. The summed E-state index contributed by atoms with van der Waals surface area (Å²) >= 11 is 0. The number of amides is 1. The van der Waals surface area contributed by atoms with Crippen molar-refractivity contribution in [2.45, 2.75) is 366 Å². The topological polar surface area (TPSA) is 95.9 Å². The van der Waals surface area contributed by atoms with Crippen molar-refractivity contribution >= 4 is 11.9 Å². The van der Waals surface area contributed by atoms with Gasteiger partial charge in [0.25, 0.3) is 0 Å². The third-order valence-corrected chi connectivity index (χ3v) is 15.1. The van der Waals surface area contributed by atoms with Gasteiger partial charge in [-0.2, -0.15) is 0 Å². The van der Waals surface area contributed by atoms with Gasteiger partial charge in [-0.25, -0.2) is 0 Å². The summed E-state index contributed by atoms with van der Waals surface area (Å²) in [7, 11) is 0. The molecule has 0 bridgehead atoms. The molecule has 0 aliphatic carbocycles. The maximum atomic E-state index is 12.5. The van der Waals surface area contributed by atoms with Gasteiger partial charge in [0.05, 0.1) is 25.4 Å². The van der Waals surface area contributed by atoms with Gasteiger partial charge in [-0.1, -0.05) is 294 Å². The average molecular weight is 1030 g/mol. The standard InChI is InChI=1S/C67H127NO5/c1-3-5-7-9-11-13-15-17-19-21-25-29-33-37-41-45-49-53-57-61-67(72)73-62-58-54-50-46-42-38-34-30-27-24-22-23-26-28-32-36-40-44-48-52-56-60-66(71)68-64(63-69)65(70)59-55-51-47-43-39-35-31-20-18-16-14-12-10-8-6-4-2/h17,19,23,26,55,59,64-65,69-70H,3-16,18,20-22,24-25,27-54,56-58,60-63H2,1-2H3,(H,68,71)/b19-17-,26-23-,59-55+. The number of hydrogen-bond acceptors (Lipinski definition) is 5. The van der Waals surface area contributed by atoms with Crippen LogP contribution in [0.1, 0.15) is 354 Å². The number of rotatable bonds is 61. The van der Waals surface area contributed by atoms with Crippen LogP contribution in [-0.4, -0.2) is 47.4 Å². The number of hydrogen-bond donors (Lipinski definition) is 3. The van der Waals surface area contributed by atoms with Crippen LogP contribution < -0.4 is 5.32 Å². The molecule has 0 saturated carbocycles. The lowest BCUT2D eigenvalue weighted by Gasteiger charge is -2.20. The second-order valence-corrected chi connectivity index (χ2v) is 22.4. The van der Waals surface area contributed by atoms with Crippen LogP contribution in [0, 0.1) is 0 Å². The zero-order valence-electron chi connectivity index (χ0n) is 49.1. The Kier molecular flexibility index (Phi) is 61.0. The van der Waals surface area contributed by atoms with Crippen LogP contribution in [0.5, 0.6) is 0 Å². The van der Waals surface area contributed by atoms with Gasteiger partial charge < -0.3 is 20.3 Å². The Balaban J connectivity index is 3.43. The number of nitrogens with one attached hydrogen (secondary N) is 1. The molecule has 1 amide bonds. The van der Waals surface area contributed by atoms with E-state index in [0.29, 0.717) is 19.4 Å². The van der Waals surface area contributed by atoms with Gasteiger partial charge in [-0.15, -0.1) is 0 Å². The number of carbonyl (C=O) groups is 2. The highest BCUT2D eigenvalue weighted by Gasteiger charge is 2.18. The molecule has 6 nitrogen and oxygen atoms in total. The maximum absolute atomic E-state index is 12.5. The molecule has 0 heterocycles. The van der Waals surface area contributed by atoms with Crippen LogP contribution in [-0.2, 0) is 14.3 Å². The number of ether oxygens (including phenoxy) is 1. The third-order valence-electron chi connectivity index (χ3n) is 15.1. The van der Waals surface area contributed by atoms with Crippen molar-refractivity contribution < 1.29 is 24.5 Å². The summed E-state index contributed by atoms with van der Waals surface area (Å²) in [6.07, 6.45) is 79.1. The summed E-state index contributed by atoms with van der Waals surface area (Å²) in [5.74, 6) is -0.0667. The van der Waals surface area contributed by atoms with Crippen molar-refractivity contribution in [3.63, 3.8) is 0 Å².